The zero-order chi connectivity index (χ0) is 10.8. The van der Waals surface area contributed by atoms with Crippen LogP contribution in [0, 0.1) is 5.82 Å². The first-order valence-corrected chi connectivity index (χ1v) is 6.47. The van der Waals surface area contributed by atoms with Crippen LogP contribution in [0.4, 0.5) is 10.1 Å². The van der Waals surface area contributed by atoms with Crippen LogP contribution >= 0.6 is 39.0 Å². The Morgan fingerprint density at radius 2 is 2.27 bits per heavy atom. The van der Waals surface area contributed by atoms with E-state index in [4.69, 9.17) is 5.73 Å². The van der Waals surface area contributed by atoms with E-state index in [1.54, 1.807) is 12.3 Å². The van der Waals surface area contributed by atoms with Gasteiger partial charge in [0, 0.05) is 22.2 Å². The molecule has 0 saturated carbocycles. The van der Waals surface area contributed by atoms with Gasteiger partial charge in [0.15, 0.2) is 4.34 Å². The van der Waals surface area contributed by atoms with E-state index < -0.39 is 0 Å². The van der Waals surface area contributed by atoms with Gasteiger partial charge in [0.1, 0.15) is 5.82 Å². The molecule has 1 aromatic heterocycles. The van der Waals surface area contributed by atoms with E-state index in [1.165, 1.54) is 29.2 Å². The third kappa shape index (κ3) is 2.50. The number of rotatable bonds is 2. The molecule has 0 unspecified atom stereocenters. The van der Waals surface area contributed by atoms with Gasteiger partial charge in [0.25, 0.3) is 0 Å². The number of anilines is 1. The normalized spacial score (nSPS) is 10.5. The van der Waals surface area contributed by atoms with E-state index >= 15 is 0 Å². The van der Waals surface area contributed by atoms with E-state index in [1.807, 2.05) is 5.38 Å². The number of hydrogen-bond acceptors (Lipinski definition) is 4. The summed E-state index contributed by atoms with van der Waals surface area (Å²) in [5.74, 6) is -0.351. The molecule has 2 aromatic rings. The summed E-state index contributed by atoms with van der Waals surface area (Å²) in [4.78, 5) is 4.93. The molecular weight excluding hydrogens is 299 g/mol. The molecule has 0 atom stereocenters. The van der Waals surface area contributed by atoms with Gasteiger partial charge in [-0.15, -0.1) is 11.3 Å². The summed E-state index contributed by atoms with van der Waals surface area (Å²) in [6.45, 7) is 0. The lowest BCUT2D eigenvalue weighted by atomic mass is 10.3. The minimum Gasteiger partial charge on any atom is -0.398 e. The lowest BCUT2D eigenvalue weighted by Crippen LogP contribution is -1.90. The third-order valence-electron chi connectivity index (χ3n) is 1.66. The summed E-state index contributed by atoms with van der Waals surface area (Å²) in [5.41, 5.74) is 6.13. The Labute approximate surface area is 103 Å². The Hall–Kier alpha value is -0.590. The second-order valence-corrected chi connectivity index (χ2v) is 5.74. The van der Waals surface area contributed by atoms with Crippen LogP contribution in [0.5, 0.6) is 0 Å². The van der Waals surface area contributed by atoms with Gasteiger partial charge in [-0.1, -0.05) is 11.8 Å². The highest BCUT2D eigenvalue weighted by Crippen LogP contribution is 2.35. The average Bonchev–Trinajstić information content (AvgIpc) is 2.67. The van der Waals surface area contributed by atoms with Crippen molar-refractivity contribution in [3.63, 3.8) is 0 Å². The Kier molecular flexibility index (Phi) is 3.28. The van der Waals surface area contributed by atoms with Crippen molar-refractivity contribution >= 4 is 44.7 Å². The lowest BCUT2D eigenvalue weighted by Gasteiger charge is -2.04. The van der Waals surface area contributed by atoms with E-state index in [-0.39, 0.29) is 5.82 Å². The van der Waals surface area contributed by atoms with Crippen LogP contribution in [-0.2, 0) is 0 Å². The number of hydrogen-bond donors (Lipinski definition) is 1. The van der Waals surface area contributed by atoms with Gasteiger partial charge < -0.3 is 5.73 Å². The van der Waals surface area contributed by atoms with Crippen LogP contribution in [-0.4, -0.2) is 4.98 Å². The van der Waals surface area contributed by atoms with Crippen LogP contribution in [0.3, 0.4) is 0 Å². The average molecular weight is 305 g/mol. The molecule has 2 N–H and O–H groups in total. The predicted octanol–water partition coefficient (Wildman–Crippen LogP) is 3.78. The number of nitrogen functional groups attached to an aromatic ring is 1. The van der Waals surface area contributed by atoms with Crippen molar-refractivity contribution in [2.45, 2.75) is 9.24 Å². The number of thiazole rings is 1. The molecule has 2 rings (SSSR count). The maximum Gasteiger partial charge on any atom is 0.154 e. The van der Waals surface area contributed by atoms with Crippen LogP contribution < -0.4 is 5.73 Å². The number of aromatic nitrogens is 1. The molecular formula is C9H6BrFN2S2. The van der Waals surface area contributed by atoms with Crippen molar-refractivity contribution in [3.8, 4) is 0 Å². The van der Waals surface area contributed by atoms with Crippen molar-refractivity contribution in [2.75, 3.05) is 5.73 Å². The van der Waals surface area contributed by atoms with Crippen molar-refractivity contribution < 1.29 is 4.39 Å². The first-order chi connectivity index (χ1) is 7.16. The van der Waals surface area contributed by atoms with Crippen LogP contribution in [0.15, 0.2) is 37.4 Å². The minimum atomic E-state index is -0.351. The molecule has 0 radical (unpaired) electrons. The summed E-state index contributed by atoms with van der Waals surface area (Å²) in [6.07, 6.45) is 1.72. The molecule has 1 heterocycles. The van der Waals surface area contributed by atoms with Crippen molar-refractivity contribution in [3.05, 3.63) is 34.0 Å². The second kappa shape index (κ2) is 4.51. The van der Waals surface area contributed by atoms with Gasteiger partial charge in [-0.05, 0) is 28.1 Å². The monoisotopic (exact) mass is 304 g/mol. The molecule has 0 aliphatic rings. The molecule has 6 heteroatoms. The Morgan fingerprint density at radius 1 is 1.47 bits per heavy atom. The highest BCUT2D eigenvalue weighted by atomic mass is 79.9. The fraction of sp³-hybridized carbons (Fsp3) is 0. The molecule has 2 nitrogen and oxygen atoms in total. The molecule has 78 valence electrons. The molecule has 0 spiro atoms. The summed E-state index contributed by atoms with van der Waals surface area (Å²) in [5, 5.41) is 1.89. The SMILES string of the molecule is Nc1cc(F)c(Br)cc1Sc1nccs1. The van der Waals surface area contributed by atoms with Crippen LogP contribution in [0.1, 0.15) is 0 Å². The summed E-state index contributed by atoms with van der Waals surface area (Å²) < 4.78 is 14.4. The van der Waals surface area contributed by atoms with E-state index in [9.17, 15) is 4.39 Å². The largest absolute Gasteiger partial charge is 0.398 e. The van der Waals surface area contributed by atoms with Gasteiger partial charge in [-0.2, -0.15) is 0 Å². The first-order valence-electron chi connectivity index (χ1n) is 3.98. The number of nitrogens with zero attached hydrogens (tertiary/aromatic N) is 1. The maximum absolute atomic E-state index is 13.1. The summed E-state index contributed by atoms with van der Waals surface area (Å²) in [7, 11) is 0. The smallest absolute Gasteiger partial charge is 0.154 e. The Balaban J connectivity index is 2.33. The van der Waals surface area contributed by atoms with E-state index in [2.05, 4.69) is 20.9 Å². The van der Waals surface area contributed by atoms with Crippen molar-refractivity contribution in [2.24, 2.45) is 0 Å². The summed E-state index contributed by atoms with van der Waals surface area (Å²) in [6, 6.07) is 2.97. The van der Waals surface area contributed by atoms with Gasteiger partial charge in [0.05, 0.1) is 4.47 Å². The molecule has 1 aromatic carbocycles. The minimum absolute atomic E-state index is 0.351. The number of benzene rings is 1. The van der Waals surface area contributed by atoms with E-state index in [0.29, 0.717) is 10.2 Å². The molecule has 0 amide bonds. The van der Waals surface area contributed by atoms with Gasteiger partial charge in [0.2, 0.25) is 0 Å². The highest BCUT2D eigenvalue weighted by Gasteiger charge is 2.08. The van der Waals surface area contributed by atoms with Gasteiger partial charge >= 0.3 is 0 Å². The fourth-order valence-electron chi connectivity index (χ4n) is 0.987. The third-order valence-corrected chi connectivity index (χ3v) is 4.22. The lowest BCUT2D eigenvalue weighted by molar-refractivity contribution is 0.620. The molecule has 15 heavy (non-hydrogen) atoms. The molecule has 0 aliphatic carbocycles. The molecule has 0 fully saturated rings. The predicted molar refractivity (Wildman–Crippen MR) is 64.7 cm³/mol. The summed E-state index contributed by atoms with van der Waals surface area (Å²) >= 11 is 6.08. The highest BCUT2D eigenvalue weighted by molar-refractivity contribution is 9.10. The fourth-order valence-corrected chi connectivity index (χ4v) is 3.13. The number of nitrogens with two attached hydrogens (primary N) is 1. The number of halogens is 2. The van der Waals surface area contributed by atoms with Gasteiger partial charge in [-0.3, -0.25) is 0 Å². The Morgan fingerprint density at radius 3 is 2.93 bits per heavy atom. The topological polar surface area (TPSA) is 38.9 Å². The van der Waals surface area contributed by atoms with Crippen LogP contribution in [0.25, 0.3) is 0 Å². The first kappa shape index (κ1) is 10.9. The maximum atomic E-state index is 13.1. The zero-order valence-corrected chi connectivity index (χ0v) is 10.6. The Bertz CT molecular complexity index is 473. The molecule has 0 saturated heterocycles. The van der Waals surface area contributed by atoms with Gasteiger partial charge in [-0.25, -0.2) is 9.37 Å². The van der Waals surface area contributed by atoms with Crippen LogP contribution in [0.2, 0.25) is 0 Å². The zero-order valence-electron chi connectivity index (χ0n) is 7.41. The quantitative estimate of drug-likeness (QED) is 0.858. The van der Waals surface area contributed by atoms with E-state index in [0.717, 1.165) is 9.24 Å². The van der Waals surface area contributed by atoms with Crippen molar-refractivity contribution in [1.29, 1.82) is 0 Å². The molecule has 0 aliphatic heterocycles. The standard InChI is InChI=1S/C9H6BrFN2S2/c10-5-3-8(7(12)4-6(5)11)15-9-13-1-2-14-9/h1-4H,12H2. The molecule has 0 bridgehead atoms. The van der Waals surface area contributed by atoms with Crippen molar-refractivity contribution in [1.82, 2.24) is 4.98 Å². The second-order valence-electron chi connectivity index (χ2n) is 2.70.